The van der Waals surface area contributed by atoms with E-state index in [1.54, 1.807) is 0 Å². The molecular formula is C12H18N2O. The Morgan fingerprint density at radius 3 is 2.40 bits per heavy atom. The molecule has 1 aromatic rings. The zero-order chi connectivity index (χ0) is 11.1. The van der Waals surface area contributed by atoms with Crippen LogP contribution in [0.25, 0.3) is 0 Å². The predicted molar refractivity (Wildman–Crippen MR) is 62.7 cm³/mol. The van der Waals surface area contributed by atoms with Crippen molar-refractivity contribution in [1.82, 2.24) is 5.32 Å². The Hall–Kier alpha value is -1.35. The van der Waals surface area contributed by atoms with Crippen LogP contribution in [0.15, 0.2) is 24.3 Å². The van der Waals surface area contributed by atoms with Crippen molar-refractivity contribution in [3.8, 4) is 0 Å². The van der Waals surface area contributed by atoms with Crippen LogP contribution in [0.5, 0.6) is 0 Å². The van der Waals surface area contributed by atoms with Gasteiger partial charge in [0.05, 0.1) is 0 Å². The summed E-state index contributed by atoms with van der Waals surface area (Å²) < 4.78 is 0. The molecule has 0 saturated heterocycles. The zero-order valence-electron chi connectivity index (χ0n) is 9.34. The van der Waals surface area contributed by atoms with E-state index >= 15 is 0 Å². The number of nitrogens with one attached hydrogen (secondary N) is 2. The lowest BCUT2D eigenvalue weighted by atomic mass is 10.2. The quantitative estimate of drug-likeness (QED) is 0.775. The van der Waals surface area contributed by atoms with Crippen LogP contribution < -0.4 is 10.6 Å². The Bertz CT molecular complexity index is 306. The van der Waals surface area contributed by atoms with Crippen molar-refractivity contribution in [2.45, 2.75) is 26.8 Å². The highest BCUT2D eigenvalue weighted by Gasteiger charge is 1.98. The minimum atomic E-state index is 0.0504. The summed E-state index contributed by atoms with van der Waals surface area (Å²) >= 11 is 0. The van der Waals surface area contributed by atoms with Gasteiger partial charge < -0.3 is 10.6 Å². The number of hydrogen-bond acceptors (Lipinski definition) is 2. The Labute approximate surface area is 90.9 Å². The summed E-state index contributed by atoms with van der Waals surface area (Å²) in [6.07, 6.45) is 0.513. The molecule has 1 amide bonds. The molecule has 0 radical (unpaired) electrons. The molecule has 0 heterocycles. The number of anilines is 1. The summed E-state index contributed by atoms with van der Waals surface area (Å²) in [7, 11) is 0. The van der Waals surface area contributed by atoms with Gasteiger partial charge in [-0.2, -0.15) is 0 Å². The van der Waals surface area contributed by atoms with Crippen molar-refractivity contribution < 1.29 is 4.79 Å². The summed E-state index contributed by atoms with van der Waals surface area (Å²) in [5.74, 6) is 0.0504. The number of amides is 1. The van der Waals surface area contributed by atoms with Gasteiger partial charge in [0.15, 0.2) is 0 Å². The molecule has 1 aromatic carbocycles. The lowest BCUT2D eigenvalue weighted by Gasteiger charge is -2.05. The molecule has 0 saturated carbocycles. The predicted octanol–water partition coefficient (Wildman–Crippen LogP) is 2.14. The molecule has 1 rings (SSSR count). The SMILES string of the molecule is CCNCc1ccc(NC(=O)CC)cc1. The van der Waals surface area contributed by atoms with Crippen LogP contribution in [-0.2, 0) is 11.3 Å². The van der Waals surface area contributed by atoms with Crippen LogP contribution in [0.3, 0.4) is 0 Å². The maximum Gasteiger partial charge on any atom is 0.224 e. The van der Waals surface area contributed by atoms with Crippen LogP contribution in [0.4, 0.5) is 5.69 Å². The van der Waals surface area contributed by atoms with Crippen molar-refractivity contribution in [3.63, 3.8) is 0 Å². The van der Waals surface area contributed by atoms with Crippen LogP contribution in [0, 0.1) is 0 Å². The summed E-state index contributed by atoms with van der Waals surface area (Å²) in [4.78, 5) is 11.1. The van der Waals surface area contributed by atoms with E-state index in [-0.39, 0.29) is 5.91 Å². The van der Waals surface area contributed by atoms with Crippen LogP contribution in [-0.4, -0.2) is 12.5 Å². The van der Waals surface area contributed by atoms with E-state index in [0.717, 1.165) is 18.8 Å². The monoisotopic (exact) mass is 206 g/mol. The maximum atomic E-state index is 11.1. The number of carbonyl (C=O) groups is 1. The molecule has 0 bridgehead atoms. The second-order valence-corrected chi connectivity index (χ2v) is 3.38. The third-order valence-electron chi connectivity index (χ3n) is 2.14. The van der Waals surface area contributed by atoms with Crippen molar-refractivity contribution in [2.24, 2.45) is 0 Å². The maximum absolute atomic E-state index is 11.1. The molecule has 0 aromatic heterocycles. The standard InChI is InChI=1S/C12H18N2O/c1-3-12(15)14-11-7-5-10(6-8-11)9-13-4-2/h5-8,13H,3-4,9H2,1-2H3,(H,14,15). The number of hydrogen-bond donors (Lipinski definition) is 2. The van der Waals surface area contributed by atoms with E-state index < -0.39 is 0 Å². The van der Waals surface area contributed by atoms with Gasteiger partial charge in [-0.25, -0.2) is 0 Å². The molecule has 0 aliphatic rings. The van der Waals surface area contributed by atoms with Gasteiger partial charge in [-0.15, -0.1) is 0 Å². The normalized spacial score (nSPS) is 10.0. The first-order chi connectivity index (χ1) is 7.26. The zero-order valence-corrected chi connectivity index (χ0v) is 9.34. The van der Waals surface area contributed by atoms with Crippen molar-refractivity contribution in [3.05, 3.63) is 29.8 Å². The summed E-state index contributed by atoms with van der Waals surface area (Å²) in [5.41, 5.74) is 2.09. The van der Waals surface area contributed by atoms with E-state index in [1.165, 1.54) is 5.56 Å². The highest BCUT2D eigenvalue weighted by molar-refractivity contribution is 5.90. The number of benzene rings is 1. The van der Waals surface area contributed by atoms with Crippen molar-refractivity contribution in [2.75, 3.05) is 11.9 Å². The molecule has 3 heteroatoms. The third kappa shape index (κ3) is 4.13. The molecule has 2 N–H and O–H groups in total. The first-order valence-corrected chi connectivity index (χ1v) is 5.35. The second-order valence-electron chi connectivity index (χ2n) is 3.38. The Kier molecular flexibility index (Phi) is 4.84. The second kappa shape index (κ2) is 6.19. The van der Waals surface area contributed by atoms with Crippen LogP contribution in [0.1, 0.15) is 25.8 Å². The van der Waals surface area contributed by atoms with Gasteiger partial charge in [0.2, 0.25) is 5.91 Å². The minimum Gasteiger partial charge on any atom is -0.326 e. The van der Waals surface area contributed by atoms with Crippen LogP contribution >= 0.6 is 0 Å². The van der Waals surface area contributed by atoms with Gasteiger partial charge in [0.1, 0.15) is 0 Å². The first-order valence-electron chi connectivity index (χ1n) is 5.35. The summed E-state index contributed by atoms with van der Waals surface area (Å²) in [6, 6.07) is 7.91. The summed E-state index contributed by atoms with van der Waals surface area (Å²) in [6.45, 7) is 5.76. The fraction of sp³-hybridized carbons (Fsp3) is 0.417. The van der Waals surface area contributed by atoms with Gasteiger partial charge in [-0.3, -0.25) is 4.79 Å². The van der Waals surface area contributed by atoms with Crippen molar-refractivity contribution in [1.29, 1.82) is 0 Å². The van der Waals surface area contributed by atoms with Gasteiger partial charge in [-0.1, -0.05) is 26.0 Å². The largest absolute Gasteiger partial charge is 0.326 e. The average Bonchev–Trinajstić information content (AvgIpc) is 2.28. The fourth-order valence-electron chi connectivity index (χ4n) is 1.22. The molecule has 0 unspecified atom stereocenters. The fourth-order valence-corrected chi connectivity index (χ4v) is 1.22. The van der Waals surface area contributed by atoms with Gasteiger partial charge >= 0.3 is 0 Å². The van der Waals surface area contributed by atoms with E-state index in [4.69, 9.17) is 0 Å². The average molecular weight is 206 g/mol. The molecule has 15 heavy (non-hydrogen) atoms. The molecule has 82 valence electrons. The topological polar surface area (TPSA) is 41.1 Å². The minimum absolute atomic E-state index is 0.0504. The number of carbonyl (C=O) groups excluding carboxylic acids is 1. The molecule has 0 fully saturated rings. The Morgan fingerprint density at radius 1 is 1.20 bits per heavy atom. The first kappa shape index (κ1) is 11.7. The van der Waals surface area contributed by atoms with E-state index in [1.807, 2.05) is 31.2 Å². The Balaban J connectivity index is 2.52. The van der Waals surface area contributed by atoms with Gasteiger partial charge in [0.25, 0.3) is 0 Å². The summed E-state index contributed by atoms with van der Waals surface area (Å²) in [5, 5.41) is 6.06. The lowest BCUT2D eigenvalue weighted by molar-refractivity contribution is -0.115. The van der Waals surface area contributed by atoms with Crippen molar-refractivity contribution >= 4 is 11.6 Å². The third-order valence-corrected chi connectivity index (χ3v) is 2.14. The van der Waals surface area contributed by atoms with E-state index in [2.05, 4.69) is 17.6 Å². The lowest BCUT2D eigenvalue weighted by Crippen LogP contribution is -2.12. The van der Waals surface area contributed by atoms with Gasteiger partial charge in [-0.05, 0) is 24.2 Å². The highest BCUT2D eigenvalue weighted by Crippen LogP contribution is 2.09. The highest BCUT2D eigenvalue weighted by atomic mass is 16.1. The van der Waals surface area contributed by atoms with Crippen LogP contribution in [0.2, 0.25) is 0 Å². The van der Waals surface area contributed by atoms with E-state index in [0.29, 0.717) is 6.42 Å². The molecular weight excluding hydrogens is 188 g/mol. The molecule has 0 spiro atoms. The number of rotatable bonds is 5. The molecule has 0 aliphatic heterocycles. The van der Waals surface area contributed by atoms with E-state index in [9.17, 15) is 4.79 Å². The molecule has 0 aliphatic carbocycles. The molecule has 3 nitrogen and oxygen atoms in total. The smallest absolute Gasteiger partial charge is 0.224 e. The molecule has 0 atom stereocenters. The van der Waals surface area contributed by atoms with Gasteiger partial charge in [0, 0.05) is 18.7 Å². The Morgan fingerprint density at radius 2 is 1.87 bits per heavy atom.